The maximum atomic E-state index is 4.58. The molecule has 0 amide bonds. The van der Waals surface area contributed by atoms with Gasteiger partial charge >= 0.3 is 0 Å². The summed E-state index contributed by atoms with van der Waals surface area (Å²) in [7, 11) is 1.14. The third-order valence-electron chi connectivity index (χ3n) is 8.44. The smallest absolute Gasteiger partial charge is 0.00613 e. The van der Waals surface area contributed by atoms with E-state index in [1.807, 2.05) is 0 Å². The molecule has 0 N–H and O–H groups in total. The van der Waals surface area contributed by atoms with E-state index in [2.05, 4.69) is 86.8 Å². The Morgan fingerprint density at radius 1 is 1.12 bits per heavy atom. The van der Waals surface area contributed by atoms with E-state index in [0.29, 0.717) is 22.7 Å². The number of unbranched alkanes of at least 4 members (excludes halogenated alkanes) is 2. The number of rotatable bonds is 9. The van der Waals surface area contributed by atoms with Gasteiger partial charge in [-0.15, -0.1) is 8.58 Å². The van der Waals surface area contributed by atoms with Gasteiger partial charge in [0.05, 0.1) is 0 Å². The van der Waals surface area contributed by atoms with Crippen LogP contribution in [0.1, 0.15) is 122 Å². The van der Waals surface area contributed by atoms with E-state index in [9.17, 15) is 0 Å². The minimum atomic E-state index is 0.324. The molecule has 1 saturated carbocycles. The van der Waals surface area contributed by atoms with Crippen LogP contribution in [0.3, 0.4) is 0 Å². The molecule has 0 aliphatic heterocycles. The van der Waals surface area contributed by atoms with Crippen molar-refractivity contribution in [2.24, 2.45) is 16.7 Å². The van der Waals surface area contributed by atoms with Crippen LogP contribution in [-0.4, -0.2) is 12.8 Å². The molecule has 1 fully saturated rings. The predicted octanol–water partition coefficient (Wildman–Crippen LogP) is 10.4. The lowest BCUT2D eigenvalue weighted by molar-refractivity contribution is 0.191. The average Bonchev–Trinajstić information content (AvgIpc) is 3.52. The molecule has 1 heteroatoms. The molecule has 2 aliphatic rings. The van der Waals surface area contributed by atoms with E-state index in [0.717, 1.165) is 15.0 Å². The molecule has 34 heavy (non-hydrogen) atoms. The lowest BCUT2D eigenvalue weighted by Gasteiger charge is -2.41. The molecular weight excluding hydrogens is 427 g/mol. The van der Waals surface area contributed by atoms with Gasteiger partial charge in [0.25, 0.3) is 0 Å². The van der Waals surface area contributed by atoms with Crippen LogP contribution in [0.25, 0.3) is 0 Å². The van der Waals surface area contributed by atoms with E-state index < -0.39 is 0 Å². The largest absolute Gasteiger partial charge is 0.126 e. The first-order valence-corrected chi connectivity index (χ1v) is 15.8. The molecule has 0 spiro atoms. The van der Waals surface area contributed by atoms with Crippen molar-refractivity contribution < 1.29 is 0 Å². The molecule has 0 radical (unpaired) electrons. The summed E-state index contributed by atoms with van der Waals surface area (Å²) < 4.78 is 0. The SMILES string of the molecule is C=C(Cc1cc(CCCCC)cc(C)c1C1CC(C)=CCC1C(C)(C)C)C1(C)CC1.CCPC. The maximum Gasteiger partial charge on any atom is -0.00613 e. The van der Waals surface area contributed by atoms with Crippen LogP contribution in [-0.2, 0) is 12.8 Å². The van der Waals surface area contributed by atoms with Crippen LogP contribution in [0, 0.1) is 23.7 Å². The third kappa shape index (κ3) is 8.08. The van der Waals surface area contributed by atoms with E-state index in [1.54, 1.807) is 22.3 Å². The molecule has 192 valence electrons. The van der Waals surface area contributed by atoms with Crippen LogP contribution in [0.4, 0.5) is 0 Å². The molecule has 3 atom stereocenters. The van der Waals surface area contributed by atoms with Crippen molar-refractivity contribution in [2.75, 3.05) is 12.8 Å². The summed E-state index contributed by atoms with van der Waals surface area (Å²) in [6, 6.07) is 5.09. The Morgan fingerprint density at radius 2 is 1.76 bits per heavy atom. The van der Waals surface area contributed by atoms with Gasteiger partial charge in [0.15, 0.2) is 0 Å². The first-order valence-electron chi connectivity index (χ1n) is 14.1. The molecule has 0 nitrogen and oxygen atoms in total. The van der Waals surface area contributed by atoms with Gasteiger partial charge in [-0.25, -0.2) is 0 Å². The number of benzene rings is 1. The molecule has 2 aliphatic carbocycles. The van der Waals surface area contributed by atoms with Crippen molar-refractivity contribution in [3.63, 3.8) is 0 Å². The van der Waals surface area contributed by atoms with Crippen molar-refractivity contribution in [3.8, 4) is 0 Å². The van der Waals surface area contributed by atoms with Crippen LogP contribution in [0.15, 0.2) is 35.9 Å². The maximum absolute atomic E-state index is 4.58. The second-order valence-electron chi connectivity index (χ2n) is 12.6. The topological polar surface area (TPSA) is 0 Å². The molecule has 3 rings (SSSR count). The Labute approximate surface area is 215 Å². The number of hydrogen-bond donors (Lipinski definition) is 0. The third-order valence-corrected chi connectivity index (χ3v) is 9.15. The summed E-state index contributed by atoms with van der Waals surface area (Å²) in [6.45, 7) is 25.7. The molecule has 0 aromatic heterocycles. The summed E-state index contributed by atoms with van der Waals surface area (Å²) in [5, 5.41) is 0. The van der Waals surface area contributed by atoms with Gasteiger partial charge in [-0.05, 0) is 117 Å². The van der Waals surface area contributed by atoms with Crippen LogP contribution in [0.2, 0.25) is 0 Å². The average molecular weight is 483 g/mol. The minimum absolute atomic E-state index is 0.324. The predicted molar refractivity (Wildman–Crippen MR) is 158 cm³/mol. The van der Waals surface area contributed by atoms with Gasteiger partial charge < -0.3 is 0 Å². The van der Waals surface area contributed by atoms with Gasteiger partial charge in [-0.1, -0.05) is 90.3 Å². The zero-order chi connectivity index (χ0) is 25.5. The summed E-state index contributed by atoms with van der Waals surface area (Å²) in [6.07, 6.45) is 15.2. The Balaban J connectivity index is 0.000000945. The minimum Gasteiger partial charge on any atom is -0.126 e. The lowest BCUT2D eigenvalue weighted by atomic mass is 9.63. The number of aryl methyl sites for hydroxylation is 2. The van der Waals surface area contributed by atoms with Crippen LogP contribution < -0.4 is 0 Å². The Morgan fingerprint density at radius 3 is 2.29 bits per heavy atom. The zero-order valence-electron chi connectivity index (χ0n) is 24.2. The zero-order valence-corrected chi connectivity index (χ0v) is 25.2. The Kier molecular flexibility index (Phi) is 11.1. The second kappa shape index (κ2) is 12.9. The molecule has 0 saturated heterocycles. The van der Waals surface area contributed by atoms with Crippen molar-refractivity contribution in [3.05, 3.63) is 58.2 Å². The quantitative estimate of drug-likeness (QED) is 0.186. The van der Waals surface area contributed by atoms with E-state index in [-0.39, 0.29) is 0 Å². The molecule has 0 heterocycles. The standard InChI is InChI=1S/C30H46.C3H9P/c1-9-10-11-12-24-18-22(3)28(25(20-24)19-23(4)30(8)15-16-30)26-17-21(2)13-14-27(26)29(5,6)7;1-3-4-2/h13,18,20,26-27H,4,9-12,14-17,19H2,1-3,5-8H3;4H,3H2,1-2H3. The van der Waals surface area contributed by atoms with Crippen molar-refractivity contribution in [2.45, 2.75) is 119 Å². The Hall–Kier alpha value is -0.870. The number of allylic oxidation sites excluding steroid dienone is 3. The first kappa shape index (κ1) is 29.4. The molecule has 1 aromatic rings. The molecule has 3 unspecified atom stereocenters. The van der Waals surface area contributed by atoms with E-state index >= 15 is 0 Å². The highest BCUT2D eigenvalue weighted by Gasteiger charge is 2.41. The lowest BCUT2D eigenvalue weighted by Crippen LogP contribution is -2.30. The summed E-state index contributed by atoms with van der Waals surface area (Å²) in [4.78, 5) is 0. The van der Waals surface area contributed by atoms with Gasteiger partial charge in [0, 0.05) is 0 Å². The van der Waals surface area contributed by atoms with Gasteiger partial charge in [-0.2, -0.15) is 0 Å². The van der Waals surface area contributed by atoms with Gasteiger partial charge in [0.1, 0.15) is 0 Å². The fourth-order valence-electron chi connectivity index (χ4n) is 5.66. The number of hydrogen-bond acceptors (Lipinski definition) is 0. The second-order valence-corrected chi connectivity index (χ2v) is 14.0. The van der Waals surface area contributed by atoms with E-state index in [4.69, 9.17) is 0 Å². The van der Waals surface area contributed by atoms with E-state index in [1.165, 1.54) is 68.7 Å². The first-order chi connectivity index (χ1) is 16.0. The highest BCUT2D eigenvalue weighted by Crippen LogP contribution is 2.53. The fraction of sp³-hybridized carbons (Fsp3) is 0.697. The van der Waals surface area contributed by atoms with Gasteiger partial charge in [0.2, 0.25) is 0 Å². The van der Waals surface area contributed by atoms with Crippen molar-refractivity contribution >= 4 is 8.58 Å². The summed E-state index contributed by atoms with van der Waals surface area (Å²) >= 11 is 0. The summed E-state index contributed by atoms with van der Waals surface area (Å²) in [5.74, 6) is 1.34. The molecule has 0 bridgehead atoms. The highest BCUT2D eigenvalue weighted by atomic mass is 31.1. The molecular formula is C33H55P. The summed E-state index contributed by atoms with van der Waals surface area (Å²) in [5.41, 5.74) is 10.1. The van der Waals surface area contributed by atoms with Crippen molar-refractivity contribution in [1.29, 1.82) is 0 Å². The van der Waals surface area contributed by atoms with Crippen LogP contribution in [0.5, 0.6) is 0 Å². The Bertz CT molecular complexity index is 829. The fourth-order valence-corrected chi connectivity index (χ4v) is 5.66. The van der Waals surface area contributed by atoms with Crippen LogP contribution >= 0.6 is 8.58 Å². The molecule has 1 aromatic carbocycles. The monoisotopic (exact) mass is 482 g/mol. The van der Waals surface area contributed by atoms with Gasteiger partial charge in [-0.3, -0.25) is 0 Å². The normalized spacial score (nSPS) is 21.7. The van der Waals surface area contributed by atoms with Crippen molar-refractivity contribution in [1.82, 2.24) is 0 Å². The highest BCUT2D eigenvalue weighted by molar-refractivity contribution is 7.36.